The largest absolute Gasteiger partial charge is 0.493 e. The monoisotopic (exact) mass is 314 g/mol. The quantitative estimate of drug-likeness (QED) is 0.790. The van der Waals surface area contributed by atoms with E-state index in [-0.39, 0.29) is 11.4 Å². The van der Waals surface area contributed by atoms with Crippen molar-refractivity contribution in [3.8, 4) is 11.5 Å². The van der Waals surface area contributed by atoms with Gasteiger partial charge in [0, 0.05) is 24.7 Å². The Hall–Kier alpha value is -1.31. The summed E-state index contributed by atoms with van der Waals surface area (Å²) in [5.74, 6) is 1.29. The highest BCUT2D eigenvalue weighted by Gasteiger charge is 2.23. The third-order valence-electron chi connectivity index (χ3n) is 3.85. The van der Waals surface area contributed by atoms with Crippen LogP contribution in [0.25, 0.3) is 0 Å². The van der Waals surface area contributed by atoms with Crippen LogP contribution in [0.5, 0.6) is 11.5 Å². The molecule has 7 heteroatoms. The second-order valence-corrected chi connectivity index (χ2v) is 6.94. The average molecular weight is 314 g/mol. The fraction of sp³-hybridized carbons (Fsp3) is 0.571. The maximum Gasteiger partial charge on any atom is 0.240 e. The zero-order valence-corrected chi connectivity index (χ0v) is 13.2. The molecule has 2 rings (SSSR count). The van der Waals surface area contributed by atoms with E-state index >= 15 is 0 Å². The lowest BCUT2D eigenvalue weighted by Gasteiger charge is -2.25. The summed E-state index contributed by atoms with van der Waals surface area (Å²) in [5.41, 5.74) is 6.26. The molecule has 0 unspecified atom stereocenters. The first-order chi connectivity index (χ1) is 10.0. The van der Waals surface area contributed by atoms with Crippen molar-refractivity contribution in [2.24, 2.45) is 11.7 Å². The minimum atomic E-state index is -3.56. The Morgan fingerprint density at radius 2 is 2.00 bits per heavy atom. The highest BCUT2D eigenvalue weighted by atomic mass is 32.2. The van der Waals surface area contributed by atoms with Gasteiger partial charge in [0.05, 0.1) is 19.1 Å². The van der Waals surface area contributed by atoms with Gasteiger partial charge in [0.25, 0.3) is 0 Å². The average Bonchev–Trinajstić information content (AvgIpc) is 2.43. The number of sulfonamides is 1. The summed E-state index contributed by atoms with van der Waals surface area (Å²) in [4.78, 5) is 0.153. The van der Waals surface area contributed by atoms with Crippen molar-refractivity contribution in [3.05, 3.63) is 17.7 Å². The van der Waals surface area contributed by atoms with E-state index < -0.39 is 10.0 Å². The van der Waals surface area contributed by atoms with Gasteiger partial charge >= 0.3 is 0 Å². The fourth-order valence-corrected chi connectivity index (χ4v) is 3.51. The highest BCUT2D eigenvalue weighted by molar-refractivity contribution is 7.89. The molecule has 0 radical (unpaired) electrons. The van der Waals surface area contributed by atoms with Gasteiger partial charge in [-0.05, 0) is 24.8 Å². The van der Waals surface area contributed by atoms with Gasteiger partial charge in [0.2, 0.25) is 10.0 Å². The molecular weight excluding hydrogens is 292 g/mol. The first-order valence-electron chi connectivity index (χ1n) is 6.96. The number of nitrogens with two attached hydrogens (primary N) is 1. The minimum Gasteiger partial charge on any atom is -0.493 e. The molecule has 0 aromatic heterocycles. The molecule has 0 spiro atoms. The van der Waals surface area contributed by atoms with Crippen molar-refractivity contribution in [1.82, 2.24) is 4.72 Å². The van der Waals surface area contributed by atoms with Crippen molar-refractivity contribution in [3.63, 3.8) is 0 Å². The minimum absolute atomic E-state index is 0.153. The lowest BCUT2D eigenvalue weighted by atomic mass is 9.86. The number of hydrogen-bond acceptors (Lipinski definition) is 5. The Balaban J connectivity index is 2.28. The van der Waals surface area contributed by atoms with Crippen molar-refractivity contribution >= 4 is 10.0 Å². The first kappa shape index (κ1) is 16.1. The van der Waals surface area contributed by atoms with Crippen LogP contribution in [0.3, 0.4) is 0 Å². The molecule has 118 valence electrons. The standard InChI is InChI=1S/C14H22N2O4S/c1-19-13-7-12(6-11(8-15)14(13)20-2)21(17,18)16-9-10-4-3-5-10/h6-7,10,16H,3-5,8-9,15H2,1-2H3. The van der Waals surface area contributed by atoms with E-state index in [0.717, 1.165) is 12.8 Å². The van der Waals surface area contributed by atoms with E-state index in [1.165, 1.54) is 32.8 Å². The second kappa shape index (κ2) is 6.64. The zero-order valence-electron chi connectivity index (χ0n) is 12.4. The van der Waals surface area contributed by atoms with Gasteiger partial charge < -0.3 is 15.2 Å². The number of hydrogen-bond donors (Lipinski definition) is 2. The van der Waals surface area contributed by atoms with Gasteiger partial charge in [-0.1, -0.05) is 6.42 Å². The molecule has 0 aliphatic heterocycles. The molecule has 1 aromatic carbocycles. The molecule has 1 saturated carbocycles. The molecule has 0 saturated heterocycles. The Morgan fingerprint density at radius 3 is 2.48 bits per heavy atom. The van der Waals surface area contributed by atoms with Crippen LogP contribution in [0.15, 0.2) is 17.0 Å². The molecular formula is C14H22N2O4S. The van der Waals surface area contributed by atoms with E-state index in [4.69, 9.17) is 15.2 Å². The van der Waals surface area contributed by atoms with E-state index in [1.54, 1.807) is 0 Å². The Bertz CT molecular complexity index is 572. The molecule has 3 N–H and O–H groups in total. The summed E-state index contributed by atoms with van der Waals surface area (Å²) in [6.07, 6.45) is 3.35. The van der Waals surface area contributed by atoms with Crippen LogP contribution < -0.4 is 19.9 Å². The highest BCUT2D eigenvalue weighted by Crippen LogP contribution is 2.34. The predicted octanol–water partition coefficient (Wildman–Crippen LogP) is 1.24. The third-order valence-corrected chi connectivity index (χ3v) is 5.25. The second-order valence-electron chi connectivity index (χ2n) is 5.17. The number of rotatable bonds is 7. The van der Waals surface area contributed by atoms with Gasteiger partial charge in [-0.15, -0.1) is 0 Å². The van der Waals surface area contributed by atoms with Crippen LogP contribution in [-0.2, 0) is 16.6 Å². The first-order valence-corrected chi connectivity index (χ1v) is 8.44. The van der Waals surface area contributed by atoms with Crippen molar-refractivity contribution in [2.45, 2.75) is 30.7 Å². The van der Waals surface area contributed by atoms with E-state index in [0.29, 0.717) is 29.5 Å². The molecule has 1 aliphatic rings. The summed E-state index contributed by atoms with van der Waals surface area (Å²) in [6, 6.07) is 2.99. The molecule has 6 nitrogen and oxygen atoms in total. The predicted molar refractivity (Wildman–Crippen MR) is 80.0 cm³/mol. The molecule has 0 amide bonds. The van der Waals surface area contributed by atoms with Gasteiger partial charge in [0.15, 0.2) is 11.5 Å². The zero-order chi connectivity index (χ0) is 15.5. The molecule has 0 atom stereocenters. The van der Waals surface area contributed by atoms with Gasteiger partial charge in [-0.3, -0.25) is 0 Å². The van der Waals surface area contributed by atoms with Crippen LogP contribution >= 0.6 is 0 Å². The van der Waals surface area contributed by atoms with Crippen LogP contribution in [0.2, 0.25) is 0 Å². The smallest absolute Gasteiger partial charge is 0.240 e. The van der Waals surface area contributed by atoms with Crippen LogP contribution in [0.1, 0.15) is 24.8 Å². The summed E-state index contributed by atoms with van der Waals surface area (Å²) >= 11 is 0. The van der Waals surface area contributed by atoms with Crippen molar-refractivity contribution in [1.29, 1.82) is 0 Å². The molecule has 0 bridgehead atoms. The normalized spacial score (nSPS) is 15.6. The molecule has 0 heterocycles. The van der Waals surface area contributed by atoms with E-state index in [1.807, 2.05) is 0 Å². The Kier molecular flexibility index (Phi) is 5.08. The lowest BCUT2D eigenvalue weighted by molar-refractivity contribution is 0.316. The SMILES string of the molecule is COc1cc(S(=O)(=O)NCC2CCC2)cc(CN)c1OC. The topological polar surface area (TPSA) is 90.7 Å². The summed E-state index contributed by atoms with van der Waals surface area (Å²) in [6.45, 7) is 0.653. The van der Waals surface area contributed by atoms with Crippen LogP contribution in [0.4, 0.5) is 0 Å². The van der Waals surface area contributed by atoms with Gasteiger partial charge in [-0.25, -0.2) is 13.1 Å². The molecule has 21 heavy (non-hydrogen) atoms. The molecule has 1 aliphatic carbocycles. The summed E-state index contributed by atoms with van der Waals surface area (Å²) < 4.78 is 37.8. The van der Waals surface area contributed by atoms with Gasteiger partial charge in [-0.2, -0.15) is 0 Å². The van der Waals surface area contributed by atoms with E-state index in [2.05, 4.69) is 4.72 Å². The maximum atomic E-state index is 12.4. The lowest BCUT2D eigenvalue weighted by Crippen LogP contribution is -2.32. The number of methoxy groups -OCH3 is 2. The van der Waals surface area contributed by atoms with Crippen LogP contribution in [0, 0.1) is 5.92 Å². The van der Waals surface area contributed by atoms with Gasteiger partial charge in [0.1, 0.15) is 0 Å². The third kappa shape index (κ3) is 3.48. The molecule has 1 aromatic rings. The maximum absolute atomic E-state index is 12.4. The van der Waals surface area contributed by atoms with E-state index in [9.17, 15) is 8.42 Å². The Morgan fingerprint density at radius 1 is 1.29 bits per heavy atom. The summed E-state index contributed by atoms with van der Waals surface area (Å²) in [5, 5.41) is 0. The number of nitrogens with one attached hydrogen (secondary N) is 1. The van der Waals surface area contributed by atoms with Crippen molar-refractivity contribution in [2.75, 3.05) is 20.8 Å². The molecule has 1 fully saturated rings. The summed E-state index contributed by atoms with van der Waals surface area (Å²) in [7, 11) is -0.594. The number of ether oxygens (including phenoxy) is 2. The number of benzene rings is 1. The Labute approximate surface area is 125 Å². The van der Waals surface area contributed by atoms with Crippen molar-refractivity contribution < 1.29 is 17.9 Å². The van der Waals surface area contributed by atoms with Crippen LogP contribution in [-0.4, -0.2) is 29.2 Å². The fourth-order valence-electron chi connectivity index (χ4n) is 2.33.